The molecule has 5 heteroatoms. The van der Waals surface area contributed by atoms with E-state index in [0.29, 0.717) is 13.0 Å². The van der Waals surface area contributed by atoms with E-state index in [1.165, 1.54) is 0 Å². The Kier molecular flexibility index (Phi) is 4.93. The lowest BCUT2D eigenvalue weighted by atomic mass is 9.97. The smallest absolute Gasteiger partial charge is 0.326 e. The molecule has 0 aromatic rings. The lowest BCUT2D eigenvalue weighted by molar-refractivity contribution is -0.144. The van der Waals surface area contributed by atoms with Crippen LogP contribution in [0.4, 0.5) is 0 Å². The maximum Gasteiger partial charge on any atom is 0.326 e. The van der Waals surface area contributed by atoms with Gasteiger partial charge >= 0.3 is 5.97 Å². The topological polar surface area (TPSA) is 75.6 Å². The van der Waals surface area contributed by atoms with E-state index in [1.54, 1.807) is 13.8 Å². The summed E-state index contributed by atoms with van der Waals surface area (Å²) in [6, 6.07) is -0.819. The van der Waals surface area contributed by atoms with Crippen molar-refractivity contribution in [1.29, 1.82) is 0 Å². The van der Waals surface area contributed by atoms with Crippen molar-refractivity contribution >= 4 is 11.9 Å². The molecule has 1 fully saturated rings. The van der Waals surface area contributed by atoms with Gasteiger partial charge in [0.15, 0.2) is 0 Å². The largest absolute Gasteiger partial charge is 0.480 e. The van der Waals surface area contributed by atoms with Crippen LogP contribution in [0.1, 0.15) is 33.6 Å². The van der Waals surface area contributed by atoms with Gasteiger partial charge in [0.25, 0.3) is 0 Å². The summed E-state index contributed by atoms with van der Waals surface area (Å²) in [5.74, 6) is -1.52. The Labute approximate surface area is 102 Å². The highest BCUT2D eigenvalue weighted by molar-refractivity contribution is 5.85. The molecule has 98 valence electrons. The SMILES string of the molecule is CCC1OCCC1C(=O)N[C@H](C(=O)O)C(C)C. The van der Waals surface area contributed by atoms with Crippen molar-refractivity contribution in [1.82, 2.24) is 5.32 Å². The van der Waals surface area contributed by atoms with Crippen molar-refractivity contribution in [3.63, 3.8) is 0 Å². The molecule has 0 aromatic carbocycles. The highest BCUT2D eigenvalue weighted by Crippen LogP contribution is 2.23. The molecule has 0 spiro atoms. The Balaban J connectivity index is 2.61. The van der Waals surface area contributed by atoms with Crippen LogP contribution in [-0.4, -0.2) is 35.7 Å². The van der Waals surface area contributed by atoms with Gasteiger partial charge in [-0.2, -0.15) is 0 Å². The van der Waals surface area contributed by atoms with Gasteiger partial charge in [0.2, 0.25) is 5.91 Å². The number of carbonyl (C=O) groups is 2. The molecule has 0 aromatic heterocycles. The number of hydrogen-bond acceptors (Lipinski definition) is 3. The van der Waals surface area contributed by atoms with Crippen LogP contribution in [0.3, 0.4) is 0 Å². The van der Waals surface area contributed by atoms with Crippen molar-refractivity contribution in [2.45, 2.75) is 45.8 Å². The second kappa shape index (κ2) is 6.00. The van der Waals surface area contributed by atoms with Gasteiger partial charge < -0.3 is 15.2 Å². The lowest BCUT2D eigenvalue weighted by Gasteiger charge is -2.22. The normalized spacial score (nSPS) is 25.9. The monoisotopic (exact) mass is 243 g/mol. The minimum absolute atomic E-state index is 0.0726. The first-order chi connectivity index (χ1) is 7.97. The van der Waals surface area contributed by atoms with Gasteiger partial charge in [0.05, 0.1) is 12.0 Å². The third-order valence-electron chi connectivity index (χ3n) is 3.18. The molecular formula is C12H21NO4. The summed E-state index contributed by atoms with van der Waals surface area (Å²) in [4.78, 5) is 23.0. The van der Waals surface area contributed by atoms with Gasteiger partial charge in [0, 0.05) is 6.61 Å². The van der Waals surface area contributed by atoms with E-state index < -0.39 is 12.0 Å². The van der Waals surface area contributed by atoms with E-state index in [9.17, 15) is 9.59 Å². The van der Waals surface area contributed by atoms with Crippen LogP contribution < -0.4 is 5.32 Å². The molecule has 2 N–H and O–H groups in total. The van der Waals surface area contributed by atoms with Crippen molar-refractivity contribution in [2.24, 2.45) is 11.8 Å². The third kappa shape index (κ3) is 3.43. The van der Waals surface area contributed by atoms with Crippen LogP contribution in [0.15, 0.2) is 0 Å². The lowest BCUT2D eigenvalue weighted by Crippen LogP contribution is -2.47. The average Bonchev–Trinajstić information content (AvgIpc) is 2.72. The Morgan fingerprint density at radius 1 is 1.47 bits per heavy atom. The number of rotatable bonds is 5. The molecule has 1 heterocycles. The van der Waals surface area contributed by atoms with Gasteiger partial charge in [-0.15, -0.1) is 0 Å². The Bertz CT molecular complexity index is 290. The minimum atomic E-state index is -0.986. The molecule has 0 radical (unpaired) electrons. The van der Waals surface area contributed by atoms with Crippen molar-refractivity contribution in [2.75, 3.05) is 6.61 Å². The highest BCUT2D eigenvalue weighted by Gasteiger charge is 2.35. The molecule has 1 aliphatic heterocycles. The average molecular weight is 243 g/mol. The second-order valence-corrected chi connectivity index (χ2v) is 4.78. The molecule has 0 bridgehead atoms. The van der Waals surface area contributed by atoms with Crippen LogP contribution in [0, 0.1) is 11.8 Å². The number of hydrogen-bond donors (Lipinski definition) is 2. The number of carbonyl (C=O) groups excluding carboxylic acids is 1. The van der Waals surface area contributed by atoms with E-state index in [4.69, 9.17) is 9.84 Å². The predicted molar refractivity (Wildman–Crippen MR) is 62.5 cm³/mol. The van der Waals surface area contributed by atoms with E-state index in [0.717, 1.165) is 6.42 Å². The molecule has 2 unspecified atom stereocenters. The Morgan fingerprint density at radius 2 is 2.12 bits per heavy atom. The van der Waals surface area contributed by atoms with Crippen molar-refractivity contribution in [3.8, 4) is 0 Å². The highest BCUT2D eigenvalue weighted by atomic mass is 16.5. The fourth-order valence-electron chi connectivity index (χ4n) is 2.12. The molecule has 17 heavy (non-hydrogen) atoms. The van der Waals surface area contributed by atoms with Gasteiger partial charge in [-0.3, -0.25) is 4.79 Å². The fraction of sp³-hybridized carbons (Fsp3) is 0.833. The van der Waals surface area contributed by atoms with Gasteiger partial charge in [0.1, 0.15) is 6.04 Å². The van der Waals surface area contributed by atoms with E-state index in [2.05, 4.69) is 5.32 Å². The summed E-state index contributed by atoms with van der Waals surface area (Å²) in [6.45, 7) is 6.10. The standard InChI is InChI=1S/C12H21NO4/c1-4-9-8(5-6-17-9)11(14)13-10(7(2)3)12(15)16/h7-10H,4-6H2,1-3H3,(H,13,14)(H,15,16)/t8?,9?,10-/m0/s1. The molecule has 1 aliphatic rings. The summed E-state index contributed by atoms with van der Waals surface area (Å²) in [7, 11) is 0. The molecule has 0 saturated carbocycles. The first-order valence-electron chi connectivity index (χ1n) is 6.12. The second-order valence-electron chi connectivity index (χ2n) is 4.78. The zero-order valence-corrected chi connectivity index (χ0v) is 10.6. The molecule has 0 aliphatic carbocycles. The summed E-state index contributed by atoms with van der Waals surface area (Å²) in [5, 5.41) is 11.6. The van der Waals surface area contributed by atoms with Gasteiger partial charge in [-0.1, -0.05) is 20.8 Å². The molecule has 1 amide bonds. The van der Waals surface area contributed by atoms with E-state index >= 15 is 0 Å². The first kappa shape index (κ1) is 14.0. The van der Waals surface area contributed by atoms with Crippen LogP contribution in [0.25, 0.3) is 0 Å². The molecule has 5 nitrogen and oxygen atoms in total. The number of aliphatic carboxylic acids is 1. The number of nitrogens with one attached hydrogen (secondary N) is 1. The number of carboxylic acid groups (broad SMARTS) is 1. The fourth-order valence-corrected chi connectivity index (χ4v) is 2.12. The summed E-state index contributed by atoms with van der Waals surface area (Å²) in [6.07, 6.45) is 1.38. The Morgan fingerprint density at radius 3 is 2.59 bits per heavy atom. The van der Waals surface area contributed by atoms with E-state index in [-0.39, 0.29) is 23.8 Å². The van der Waals surface area contributed by atoms with Gasteiger partial charge in [-0.05, 0) is 18.8 Å². The van der Waals surface area contributed by atoms with Crippen molar-refractivity contribution in [3.05, 3.63) is 0 Å². The maximum absolute atomic E-state index is 12.0. The zero-order valence-electron chi connectivity index (χ0n) is 10.6. The minimum Gasteiger partial charge on any atom is -0.480 e. The van der Waals surface area contributed by atoms with Crippen molar-refractivity contribution < 1.29 is 19.4 Å². The number of carboxylic acids is 1. The van der Waals surface area contributed by atoms with Crippen LogP contribution in [-0.2, 0) is 14.3 Å². The Hall–Kier alpha value is -1.10. The number of amides is 1. The number of ether oxygens (including phenoxy) is 1. The molecule has 1 rings (SSSR count). The molecule has 1 saturated heterocycles. The van der Waals surface area contributed by atoms with E-state index in [1.807, 2.05) is 6.92 Å². The summed E-state index contributed by atoms with van der Waals surface area (Å²) < 4.78 is 5.43. The zero-order chi connectivity index (χ0) is 13.0. The van der Waals surface area contributed by atoms with Crippen LogP contribution in [0.5, 0.6) is 0 Å². The van der Waals surface area contributed by atoms with Gasteiger partial charge in [-0.25, -0.2) is 4.79 Å². The quantitative estimate of drug-likeness (QED) is 0.756. The summed E-state index contributed by atoms with van der Waals surface area (Å²) >= 11 is 0. The maximum atomic E-state index is 12.0. The third-order valence-corrected chi connectivity index (χ3v) is 3.18. The van der Waals surface area contributed by atoms with Crippen LogP contribution >= 0.6 is 0 Å². The van der Waals surface area contributed by atoms with Crippen LogP contribution in [0.2, 0.25) is 0 Å². The molecule has 3 atom stereocenters. The first-order valence-corrected chi connectivity index (χ1v) is 6.12. The summed E-state index contributed by atoms with van der Waals surface area (Å²) in [5.41, 5.74) is 0. The molecular weight excluding hydrogens is 222 g/mol. The predicted octanol–water partition coefficient (Wildman–Crippen LogP) is 1.03.